The van der Waals surface area contributed by atoms with Gasteiger partial charge in [0.15, 0.2) is 0 Å². The molecule has 1 aliphatic carbocycles. The highest BCUT2D eigenvalue weighted by Crippen LogP contribution is 2.39. The van der Waals surface area contributed by atoms with Gasteiger partial charge in [-0.3, -0.25) is 9.59 Å². The molecule has 4 heteroatoms. The minimum absolute atomic E-state index is 0.0532. The molecular formula is C16H20N2O2. The Kier molecular flexibility index (Phi) is 3.24. The van der Waals surface area contributed by atoms with E-state index in [2.05, 4.69) is 10.6 Å². The molecular weight excluding hydrogens is 252 g/mol. The molecule has 20 heavy (non-hydrogen) atoms. The van der Waals surface area contributed by atoms with Crippen molar-refractivity contribution in [3.8, 4) is 0 Å². The molecule has 0 bridgehead atoms. The molecule has 0 saturated heterocycles. The lowest BCUT2D eigenvalue weighted by molar-refractivity contribution is -0.122. The van der Waals surface area contributed by atoms with E-state index in [1.54, 1.807) is 0 Å². The second kappa shape index (κ2) is 4.93. The molecule has 4 nitrogen and oxygen atoms in total. The van der Waals surface area contributed by atoms with Crippen molar-refractivity contribution in [2.24, 2.45) is 11.8 Å². The highest BCUT2D eigenvalue weighted by Gasteiger charge is 2.33. The summed E-state index contributed by atoms with van der Waals surface area (Å²) in [5.74, 6) is 0.454. The third-order valence-corrected chi connectivity index (χ3v) is 4.34. The summed E-state index contributed by atoms with van der Waals surface area (Å²) in [4.78, 5) is 24.0. The van der Waals surface area contributed by atoms with Crippen molar-refractivity contribution in [3.63, 3.8) is 0 Å². The maximum atomic E-state index is 12.0. The van der Waals surface area contributed by atoms with Gasteiger partial charge in [-0.15, -0.1) is 0 Å². The molecule has 3 rings (SSSR count). The van der Waals surface area contributed by atoms with Crippen molar-refractivity contribution in [2.45, 2.75) is 39.0 Å². The Morgan fingerprint density at radius 2 is 2.10 bits per heavy atom. The van der Waals surface area contributed by atoms with Crippen molar-refractivity contribution in [2.75, 3.05) is 10.6 Å². The average Bonchev–Trinajstić information content (AvgIpc) is 2.61. The summed E-state index contributed by atoms with van der Waals surface area (Å²) in [6.45, 7) is 4.08. The third kappa shape index (κ3) is 2.19. The molecule has 1 aliphatic heterocycles. The van der Waals surface area contributed by atoms with Crippen LogP contribution in [0.25, 0.3) is 0 Å². The molecule has 1 aromatic carbocycles. The molecule has 1 fully saturated rings. The number of amides is 2. The number of hydrogen-bond donors (Lipinski definition) is 2. The van der Waals surface area contributed by atoms with E-state index in [9.17, 15) is 9.59 Å². The fourth-order valence-corrected chi connectivity index (χ4v) is 2.94. The molecule has 2 aliphatic rings. The van der Waals surface area contributed by atoms with Crippen LogP contribution in [0, 0.1) is 11.8 Å². The molecule has 0 spiro atoms. The maximum Gasteiger partial charge on any atom is 0.232 e. The first-order valence-corrected chi connectivity index (χ1v) is 7.32. The van der Waals surface area contributed by atoms with E-state index in [0.29, 0.717) is 0 Å². The van der Waals surface area contributed by atoms with E-state index in [0.717, 1.165) is 36.2 Å². The minimum Gasteiger partial charge on any atom is -0.326 e. The largest absolute Gasteiger partial charge is 0.326 e. The summed E-state index contributed by atoms with van der Waals surface area (Å²) in [5, 5.41) is 5.87. The van der Waals surface area contributed by atoms with E-state index in [1.807, 2.05) is 32.0 Å². The van der Waals surface area contributed by atoms with Gasteiger partial charge < -0.3 is 10.6 Å². The van der Waals surface area contributed by atoms with E-state index in [-0.39, 0.29) is 29.6 Å². The lowest BCUT2D eigenvalue weighted by Gasteiger charge is -2.24. The van der Waals surface area contributed by atoms with Gasteiger partial charge in [0.05, 0.1) is 5.92 Å². The van der Waals surface area contributed by atoms with Crippen molar-refractivity contribution in [3.05, 3.63) is 23.8 Å². The quantitative estimate of drug-likeness (QED) is 0.888. The lowest BCUT2D eigenvalue weighted by Crippen LogP contribution is -2.28. The molecule has 0 aromatic heterocycles. The first-order valence-electron chi connectivity index (χ1n) is 7.32. The zero-order valence-electron chi connectivity index (χ0n) is 11.9. The van der Waals surface area contributed by atoms with Crippen LogP contribution in [0.15, 0.2) is 18.2 Å². The Bertz CT molecular complexity index is 562. The SMILES string of the molecule is CC(C)C1C(=O)Nc2ccc(NC(=O)C3CCC3)cc21. The summed E-state index contributed by atoms with van der Waals surface area (Å²) in [6, 6.07) is 5.68. The fraction of sp³-hybridized carbons (Fsp3) is 0.500. The summed E-state index contributed by atoms with van der Waals surface area (Å²) < 4.78 is 0. The van der Waals surface area contributed by atoms with Crippen molar-refractivity contribution in [1.29, 1.82) is 0 Å². The third-order valence-electron chi connectivity index (χ3n) is 4.34. The van der Waals surface area contributed by atoms with Crippen LogP contribution in [0.3, 0.4) is 0 Å². The van der Waals surface area contributed by atoms with Crippen LogP contribution >= 0.6 is 0 Å². The van der Waals surface area contributed by atoms with E-state index in [4.69, 9.17) is 0 Å². The van der Waals surface area contributed by atoms with Gasteiger partial charge in [-0.25, -0.2) is 0 Å². The summed E-state index contributed by atoms with van der Waals surface area (Å²) in [6.07, 6.45) is 3.13. The second-order valence-electron chi connectivity index (χ2n) is 6.13. The maximum absolute atomic E-state index is 12.0. The second-order valence-corrected chi connectivity index (χ2v) is 6.13. The molecule has 2 N–H and O–H groups in total. The van der Waals surface area contributed by atoms with E-state index >= 15 is 0 Å². The van der Waals surface area contributed by atoms with Gasteiger partial charge in [0, 0.05) is 17.3 Å². The van der Waals surface area contributed by atoms with Crippen LogP contribution in [-0.4, -0.2) is 11.8 Å². The zero-order valence-corrected chi connectivity index (χ0v) is 11.9. The van der Waals surface area contributed by atoms with Crippen LogP contribution in [0.4, 0.5) is 11.4 Å². The van der Waals surface area contributed by atoms with E-state index in [1.165, 1.54) is 0 Å². The van der Waals surface area contributed by atoms with Crippen LogP contribution in [-0.2, 0) is 9.59 Å². The van der Waals surface area contributed by atoms with Gasteiger partial charge in [0.25, 0.3) is 0 Å². The van der Waals surface area contributed by atoms with Crippen molar-refractivity contribution < 1.29 is 9.59 Å². The molecule has 1 aromatic rings. The minimum atomic E-state index is -0.120. The normalized spacial score (nSPS) is 21.4. The van der Waals surface area contributed by atoms with E-state index < -0.39 is 0 Å². The molecule has 1 atom stereocenters. The van der Waals surface area contributed by atoms with Gasteiger partial charge in [-0.1, -0.05) is 20.3 Å². The number of rotatable bonds is 3. The van der Waals surface area contributed by atoms with Crippen molar-refractivity contribution in [1.82, 2.24) is 0 Å². The van der Waals surface area contributed by atoms with Crippen LogP contribution < -0.4 is 10.6 Å². The Morgan fingerprint density at radius 3 is 2.70 bits per heavy atom. The van der Waals surface area contributed by atoms with Crippen LogP contribution in [0.2, 0.25) is 0 Å². The standard InChI is InChI=1S/C16H20N2O2/c1-9(2)14-12-8-11(6-7-13(12)18-16(14)20)17-15(19)10-4-3-5-10/h6-10,14H,3-5H2,1-2H3,(H,17,19)(H,18,20). The highest BCUT2D eigenvalue weighted by atomic mass is 16.2. The van der Waals surface area contributed by atoms with Gasteiger partial charge in [0.2, 0.25) is 11.8 Å². The Balaban J connectivity index is 1.82. The van der Waals surface area contributed by atoms with Crippen molar-refractivity contribution >= 4 is 23.2 Å². The highest BCUT2D eigenvalue weighted by molar-refractivity contribution is 6.04. The summed E-state index contributed by atoms with van der Waals surface area (Å²) >= 11 is 0. The number of carbonyl (C=O) groups excluding carboxylic acids is 2. The fourth-order valence-electron chi connectivity index (χ4n) is 2.94. The molecule has 106 valence electrons. The molecule has 1 unspecified atom stereocenters. The van der Waals surface area contributed by atoms with Gasteiger partial charge in [0.1, 0.15) is 0 Å². The monoisotopic (exact) mass is 272 g/mol. The molecule has 2 amide bonds. The summed E-state index contributed by atoms with van der Waals surface area (Å²) in [5.41, 5.74) is 2.66. The number of hydrogen-bond acceptors (Lipinski definition) is 2. The molecule has 1 saturated carbocycles. The van der Waals surface area contributed by atoms with Crippen LogP contribution in [0.5, 0.6) is 0 Å². The smallest absolute Gasteiger partial charge is 0.232 e. The molecule has 0 radical (unpaired) electrons. The Hall–Kier alpha value is -1.84. The predicted molar refractivity (Wildman–Crippen MR) is 78.6 cm³/mol. The molecule has 1 heterocycles. The topological polar surface area (TPSA) is 58.2 Å². The Morgan fingerprint density at radius 1 is 1.35 bits per heavy atom. The average molecular weight is 272 g/mol. The van der Waals surface area contributed by atoms with Crippen LogP contribution in [0.1, 0.15) is 44.6 Å². The number of carbonyl (C=O) groups is 2. The van der Waals surface area contributed by atoms with Gasteiger partial charge in [-0.2, -0.15) is 0 Å². The number of benzene rings is 1. The number of anilines is 2. The lowest BCUT2D eigenvalue weighted by atomic mass is 9.84. The Labute approximate surface area is 118 Å². The number of nitrogens with one attached hydrogen (secondary N) is 2. The number of fused-ring (bicyclic) bond motifs is 1. The zero-order chi connectivity index (χ0) is 14.3. The first-order chi connectivity index (χ1) is 9.56. The van der Waals surface area contributed by atoms with Gasteiger partial charge in [-0.05, 0) is 42.5 Å². The first kappa shape index (κ1) is 13.2. The summed E-state index contributed by atoms with van der Waals surface area (Å²) in [7, 11) is 0. The predicted octanol–water partition coefficient (Wildman–Crippen LogP) is 3.12. The van der Waals surface area contributed by atoms with Gasteiger partial charge >= 0.3 is 0 Å².